The summed E-state index contributed by atoms with van der Waals surface area (Å²) in [6.45, 7) is 24.6. The van der Waals surface area contributed by atoms with Crippen LogP contribution in [-0.4, -0.2) is 11.1 Å². The molecule has 5 aliphatic carbocycles. The molecule has 9 atom stereocenters. The van der Waals surface area contributed by atoms with Gasteiger partial charge < -0.3 is 5.11 Å². The maximum absolute atomic E-state index is 11.6. The summed E-state index contributed by atoms with van der Waals surface area (Å²) in [5.41, 5.74) is 7.32. The van der Waals surface area contributed by atoms with Gasteiger partial charge in [0.1, 0.15) is 0 Å². The smallest absolute Gasteiger partial charge is 0.335 e. The van der Waals surface area contributed by atoms with Crippen LogP contribution in [0, 0.1) is 63.6 Å². The number of aromatic carboxylic acids is 1. The Morgan fingerprint density at radius 3 is 2.32 bits per heavy atom. The van der Waals surface area contributed by atoms with E-state index in [-0.39, 0.29) is 5.41 Å². The average Bonchev–Trinajstić information content (AvgIpc) is 3.30. The van der Waals surface area contributed by atoms with Crippen molar-refractivity contribution in [1.82, 2.24) is 0 Å². The Kier molecular flexibility index (Phi) is 6.66. The normalized spacial score (nSPS) is 44.6. The molecule has 1 N–H and O–H groups in total. The Bertz CT molecular complexity index is 1300. The van der Waals surface area contributed by atoms with Gasteiger partial charge in [-0.3, -0.25) is 0 Å². The van der Waals surface area contributed by atoms with Gasteiger partial charge >= 0.3 is 5.97 Å². The summed E-state index contributed by atoms with van der Waals surface area (Å²) in [5, 5.41) is 9.54. The number of benzene rings is 1. The quantitative estimate of drug-likeness (QED) is 0.375. The van der Waals surface area contributed by atoms with Gasteiger partial charge in [0.15, 0.2) is 0 Å². The van der Waals surface area contributed by atoms with E-state index in [0.717, 1.165) is 35.7 Å². The van der Waals surface area contributed by atoms with Gasteiger partial charge in [-0.1, -0.05) is 72.3 Å². The molecule has 2 nitrogen and oxygen atoms in total. The first-order valence-corrected chi connectivity index (χ1v) is 16.9. The molecule has 0 radical (unpaired) electrons. The zero-order valence-electron chi connectivity index (χ0n) is 27.3. The van der Waals surface area contributed by atoms with Crippen LogP contribution in [0.4, 0.5) is 0 Å². The highest BCUT2D eigenvalue weighted by Gasteiger charge is 2.70. The lowest BCUT2D eigenvalue weighted by molar-refractivity contribution is -0.225. The van der Waals surface area contributed by atoms with E-state index in [9.17, 15) is 9.90 Å². The number of allylic oxidation sites excluding steroid dienone is 3. The predicted molar refractivity (Wildman–Crippen MR) is 171 cm³/mol. The number of carbonyl (C=O) groups is 1. The maximum Gasteiger partial charge on any atom is 0.335 e. The Morgan fingerprint density at radius 1 is 0.951 bits per heavy atom. The second kappa shape index (κ2) is 9.33. The molecule has 2 heteroatoms. The second-order valence-electron chi connectivity index (χ2n) is 16.8. The summed E-state index contributed by atoms with van der Waals surface area (Å²) in [6.07, 6.45) is 16.1. The lowest BCUT2D eigenvalue weighted by Crippen LogP contribution is -2.65. The number of aryl methyl sites for hydroxylation is 1. The highest BCUT2D eigenvalue weighted by atomic mass is 16.4. The zero-order chi connectivity index (χ0) is 29.8. The molecule has 0 unspecified atom stereocenters. The summed E-state index contributed by atoms with van der Waals surface area (Å²) in [4.78, 5) is 11.6. The third-order valence-corrected chi connectivity index (χ3v) is 15.3. The highest BCUT2D eigenvalue weighted by Crippen LogP contribution is 2.78. The van der Waals surface area contributed by atoms with Crippen LogP contribution < -0.4 is 0 Å². The highest BCUT2D eigenvalue weighted by molar-refractivity contribution is 5.89. The van der Waals surface area contributed by atoms with Crippen LogP contribution in [0.15, 0.2) is 36.4 Å². The summed E-state index contributed by atoms with van der Waals surface area (Å²) in [5.74, 6) is 2.94. The molecular formula is C39H56O2. The second-order valence-corrected chi connectivity index (χ2v) is 16.8. The van der Waals surface area contributed by atoms with E-state index in [1.54, 1.807) is 6.07 Å². The summed E-state index contributed by atoms with van der Waals surface area (Å²) in [6, 6.07) is 5.75. The van der Waals surface area contributed by atoms with Gasteiger partial charge in [0.05, 0.1) is 5.56 Å². The Labute approximate surface area is 250 Å². The first-order valence-electron chi connectivity index (χ1n) is 16.9. The van der Waals surface area contributed by atoms with Crippen LogP contribution in [-0.2, 0) is 0 Å². The minimum Gasteiger partial charge on any atom is -0.478 e. The standard InChI is InChI=1S/C39H56O2/c1-10-39-20-15-27(24(2)3)33(39)30-13-14-32-36(7)18-16-29(28-12-11-26(34(40)41)23-25(28)4)35(5,6)31(36)17-19-38(32,9)37(30,8)21-22-39/h11-12,16,23,27,30-33H,2,10,13-15,17-22H2,1,3-9H3,(H,40,41)/t27-,30+,31-,32+,33+,36-,37+,38+,39+/m0/s1. The summed E-state index contributed by atoms with van der Waals surface area (Å²) < 4.78 is 0. The largest absolute Gasteiger partial charge is 0.478 e. The topological polar surface area (TPSA) is 37.3 Å². The zero-order valence-corrected chi connectivity index (χ0v) is 27.3. The Morgan fingerprint density at radius 2 is 1.68 bits per heavy atom. The van der Waals surface area contributed by atoms with Gasteiger partial charge in [-0.2, -0.15) is 0 Å². The average molecular weight is 557 g/mol. The van der Waals surface area contributed by atoms with Crippen molar-refractivity contribution in [3.63, 3.8) is 0 Å². The third-order valence-electron chi connectivity index (χ3n) is 15.3. The van der Waals surface area contributed by atoms with Crippen molar-refractivity contribution < 1.29 is 9.90 Å². The first-order chi connectivity index (χ1) is 19.2. The SMILES string of the molecule is C=C(C)[C@@H]1CC[C@]2(CC)CC[C@]3(C)[C@H](CC[C@@H]4[C@@]5(C)CC=C(c6ccc(C(=O)O)cc6C)C(C)(C)[C@@H]5CC[C@]43C)[C@@H]12. The Hall–Kier alpha value is -1.83. The van der Waals surface area contributed by atoms with Crippen molar-refractivity contribution in [2.75, 3.05) is 0 Å². The molecule has 0 aliphatic heterocycles. The number of carboxylic acids is 1. The summed E-state index contributed by atoms with van der Waals surface area (Å²) >= 11 is 0. The van der Waals surface area contributed by atoms with Gasteiger partial charge in [0, 0.05) is 0 Å². The van der Waals surface area contributed by atoms with E-state index in [1.807, 2.05) is 6.07 Å². The van der Waals surface area contributed by atoms with Gasteiger partial charge in [0.2, 0.25) is 0 Å². The van der Waals surface area contributed by atoms with Crippen molar-refractivity contribution in [3.05, 3.63) is 53.1 Å². The van der Waals surface area contributed by atoms with Crippen LogP contribution in [0.2, 0.25) is 0 Å². The molecule has 0 bridgehead atoms. The molecule has 1 aromatic carbocycles. The monoisotopic (exact) mass is 556 g/mol. The number of hydrogen-bond donors (Lipinski definition) is 1. The van der Waals surface area contributed by atoms with Gasteiger partial charge in [-0.25, -0.2) is 4.79 Å². The van der Waals surface area contributed by atoms with Crippen molar-refractivity contribution in [3.8, 4) is 0 Å². The molecule has 4 fully saturated rings. The molecule has 0 spiro atoms. The van der Waals surface area contributed by atoms with E-state index in [1.165, 1.54) is 74.5 Å². The van der Waals surface area contributed by atoms with E-state index in [2.05, 4.69) is 74.1 Å². The maximum atomic E-state index is 11.6. The molecule has 0 heterocycles. The van der Waals surface area contributed by atoms with Gasteiger partial charge in [-0.15, -0.1) is 0 Å². The van der Waals surface area contributed by atoms with Crippen molar-refractivity contribution in [2.24, 2.45) is 56.7 Å². The lowest BCUT2D eigenvalue weighted by atomic mass is 9.32. The minimum atomic E-state index is -0.842. The first kappa shape index (κ1) is 29.3. The number of carboxylic acid groups (broad SMARTS) is 1. The number of hydrogen-bond acceptors (Lipinski definition) is 1. The van der Waals surface area contributed by atoms with Crippen molar-refractivity contribution >= 4 is 11.5 Å². The van der Waals surface area contributed by atoms with Gasteiger partial charge in [0.25, 0.3) is 0 Å². The van der Waals surface area contributed by atoms with Crippen LogP contribution in [0.3, 0.4) is 0 Å². The van der Waals surface area contributed by atoms with E-state index in [0.29, 0.717) is 33.1 Å². The molecule has 1 aromatic rings. The fraction of sp³-hybridized carbons (Fsp3) is 0.718. The molecule has 0 saturated heterocycles. The van der Waals surface area contributed by atoms with Gasteiger partial charge in [-0.05, 0) is 157 Å². The van der Waals surface area contributed by atoms with Crippen molar-refractivity contribution in [1.29, 1.82) is 0 Å². The van der Waals surface area contributed by atoms with E-state index < -0.39 is 5.97 Å². The molecule has 224 valence electrons. The van der Waals surface area contributed by atoms with Crippen LogP contribution in [0.25, 0.3) is 5.57 Å². The minimum absolute atomic E-state index is 0.0576. The van der Waals surface area contributed by atoms with Crippen LogP contribution in [0.1, 0.15) is 134 Å². The fourth-order valence-corrected chi connectivity index (χ4v) is 13.0. The molecular weight excluding hydrogens is 500 g/mol. The summed E-state index contributed by atoms with van der Waals surface area (Å²) in [7, 11) is 0. The molecule has 0 amide bonds. The molecule has 4 saturated carbocycles. The van der Waals surface area contributed by atoms with Crippen molar-refractivity contribution in [2.45, 2.75) is 120 Å². The third kappa shape index (κ3) is 3.76. The molecule has 41 heavy (non-hydrogen) atoms. The van der Waals surface area contributed by atoms with E-state index in [4.69, 9.17) is 0 Å². The Balaban J connectivity index is 1.37. The lowest BCUT2D eigenvalue weighted by Gasteiger charge is -2.72. The van der Waals surface area contributed by atoms with Crippen LogP contribution >= 0.6 is 0 Å². The number of fused-ring (bicyclic) bond motifs is 7. The molecule has 0 aromatic heterocycles. The molecule has 6 rings (SSSR count). The number of rotatable bonds is 4. The van der Waals surface area contributed by atoms with Crippen LogP contribution in [0.5, 0.6) is 0 Å². The van der Waals surface area contributed by atoms with E-state index >= 15 is 0 Å². The molecule has 5 aliphatic rings. The fourth-order valence-electron chi connectivity index (χ4n) is 13.0. The predicted octanol–water partition coefficient (Wildman–Crippen LogP) is 10.8.